The molecule has 2 N–H and O–H groups in total. The number of thioether (sulfide) groups is 1. The second kappa shape index (κ2) is 10.1. The summed E-state index contributed by atoms with van der Waals surface area (Å²) in [6.07, 6.45) is 2.26. The summed E-state index contributed by atoms with van der Waals surface area (Å²) < 4.78 is 0. The Morgan fingerprint density at radius 3 is 2.76 bits per heavy atom. The summed E-state index contributed by atoms with van der Waals surface area (Å²) in [5.74, 6) is 2.76. The lowest BCUT2D eigenvalue weighted by Crippen LogP contribution is -2.39. The Labute approximate surface area is 142 Å². The third-order valence-corrected chi connectivity index (χ3v) is 4.09. The SMILES string of the molecule is CN(C)c1ccc(NC(=O)CC2CSCCN2)nc1.Cl.Cl. The van der Waals surface area contributed by atoms with Gasteiger partial charge in [-0.25, -0.2) is 4.98 Å². The fraction of sp³-hybridized carbons (Fsp3) is 0.538. The molecule has 1 fully saturated rings. The Morgan fingerprint density at radius 1 is 1.48 bits per heavy atom. The van der Waals surface area contributed by atoms with Gasteiger partial charge in [-0.1, -0.05) is 0 Å². The molecule has 0 aliphatic carbocycles. The molecule has 5 nitrogen and oxygen atoms in total. The molecule has 1 atom stereocenters. The van der Waals surface area contributed by atoms with Gasteiger partial charge in [-0.15, -0.1) is 24.8 Å². The zero-order chi connectivity index (χ0) is 13.7. The molecule has 0 aromatic carbocycles. The normalized spacial score (nSPS) is 17.1. The number of carbonyl (C=O) groups is 1. The molecule has 0 spiro atoms. The average Bonchev–Trinajstić information content (AvgIpc) is 2.40. The molecule has 0 bridgehead atoms. The maximum Gasteiger partial charge on any atom is 0.227 e. The molecule has 1 aliphatic heterocycles. The van der Waals surface area contributed by atoms with Crippen molar-refractivity contribution in [1.29, 1.82) is 0 Å². The van der Waals surface area contributed by atoms with Crippen molar-refractivity contribution < 1.29 is 4.79 Å². The van der Waals surface area contributed by atoms with Crippen LogP contribution in [-0.2, 0) is 4.79 Å². The van der Waals surface area contributed by atoms with E-state index in [1.54, 1.807) is 6.20 Å². The van der Waals surface area contributed by atoms with Crippen LogP contribution in [0.5, 0.6) is 0 Å². The smallest absolute Gasteiger partial charge is 0.227 e. The van der Waals surface area contributed by atoms with E-state index in [9.17, 15) is 4.79 Å². The number of pyridine rings is 1. The first kappa shape index (κ1) is 20.3. The van der Waals surface area contributed by atoms with E-state index in [4.69, 9.17) is 0 Å². The van der Waals surface area contributed by atoms with E-state index < -0.39 is 0 Å². The first-order valence-corrected chi connectivity index (χ1v) is 7.55. The van der Waals surface area contributed by atoms with Crippen molar-refractivity contribution in [3.8, 4) is 0 Å². The van der Waals surface area contributed by atoms with Crippen LogP contribution in [0.4, 0.5) is 11.5 Å². The first-order valence-electron chi connectivity index (χ1n) is 6.39. The number of aromatic nitrogens is 1. The fourth-order valence-electron chi connectivity index (χ4n) is 1.89. The van der Waals surface area contributed by atoms with Crippen LogP contribution in [0.1, 0.15) is 6.42 Å². The summed E-state index contributed by atoms with van der Waals surface area (Å²) in [6.45, 7) is 0.985. The fourth-order valence-corrected chi connectivity index (χ4v) is 2.84. The van der Waals surface area contributed by atoms with Crippen LogP contribution >= 0.6 is 36.6 Å². The van der Waals surface area contributed by atoms with E-state index in [0.717, 1.165) is 23.7 Å². The largest absolute Gasteiger partial charge is 0.376 e. The molecule has 2 heterocycles. The van der Waals surface area contributed by atoms with E-state index >= 15 is 0 Å². The van der Waals surface area contributed by atoms with Crippen LogP contribution in [0, 0.1) is 0 Å². The third kappa shape index (κ3) is 6.74. The highest BCUT2D eigenvalue weighted by molar-refractivity contribution is 7.99. The Hall–Kier alpha value is -0.690. The first-order chi connectivity index (χ1) is 9.15. The molecule has 8 heteroatoms. The van der Waals surface area contributed by atoms with Gasteiger partial charge >= 0.3 is 0 Å². The van der Waals surface area contributed by atoms with Crippen molar-refractivity contribution in [2.45, 2.75) is 12.5 Å². The van der Waals surface area contributed by atoms with Gasteiger partial charge in [0.15, 0.2) is 0 Å². The summed E-state index contributed by atoms with van der Waals surface area (Å²) in [4.78, 5) is 18.1. The summed E-state index contributed by atoms with van der Waals surface area (Å²) in [5, 5.41) is 6.19. The van der Waals surface area contributed by atoms with Crippen molar-refractivity contribution in [2.24, 2.45) is 0 Å². The number of amides is 1. The molecule has 21 heavy (non-hydrogen) atoms. The standard InChI is InChI=1S/C13H20N4OS.2ClH/c1-17(2)11-3-4-12(15-8-11)16-13(18)7-10-9-19-6-5-14-10;;/h3-4,8,10,14H,5-7,9H2,1-2H3,(H,15,16,18);2*1H. The van der Waals surface area contributed by atoms with Crippen LogP contribution in [-0.4, -0.2) is 49.1 Å². The monoisotopic (exact) mass is 352 g/mol. The van der Waals surface area contributed by atoms with Gasteiger partial charge < -0.3 is 15.5 Å². The van der Waals surface area contributed by atoms with E-state index in [0.29, 0.717) is 12.2 Å². The summed E-state index contributed by atoms with van der Waals surface area (Å²) in [6, 6.07) is 4.05. The van der Waals surface area contributed by atoms with E-state index in [-0.39, 0.29) is 36.8 Å². The van der Waals surface area contributed by atoms with Gasteiger partial charge in [-0.3, -0.25) is 4.79 Å². The van der Waals surface area contributed by atoms with Crippen molar-refractivity contribution in [1.82, 2.24) is 10.3 Å². The molecule has 1 aromatic rings. The topological polar surface area (TPSA) is 57.3 Å². The highest BCUT2D eigenvalue weighted by Crippen LogP contribution is 2.14. The van der Waals surface area contributed by atoms with Crippen LogP contribution in [0.2, 0.25) is 0 Å². The van der Waals surface area contributed by atoms with E-state index in [1.165, 1.54) is 0 Å². The zero-order valence-electron chi connectivity index (χ0n) is 12.2. The maximum atomic E-state index is 11.9. The van der Waals surface area contributed by atoms with Crippen molar-refractivity contribution in [2.75, 3.05) is 42.4 Å². The highest BCUT2D eigenvalue weighted by Gasteiger charge is 2.16. The number of nitrogens with zero attached hydrogens (tertiary/aromatic N) is 2. The number of halogens is 2. The molecule has 2 rings (SSSR count). The molecule has 1 unspecified atom stereocenters. The van der Waals surface area contributed by atoms with Gasteiger partial charge in [-0.05, 0) is 12.1 Å². The minimum Gasteiger partial charge on any atom is -0.376 e. The molecule has 1 aliphatic rings. The highest BCUT2D eigenvalue weighted by atomic mass is 35.5. The number of nitrogens with one attached hydrogen (secondary N) is 2. The molecule has 120 valence electrons. The number of anilines is 2. The molecular formula is C13H22Cl2N4OS. The Morgan fingerprint density at radius 2 is 2.24 bits per heavy atom. The van der Waals surface area contributed by atoms with Crippen LogP contribution in [0.15, 0.2) is 18.3 Å². The van der Waals surface area contributed by atoms with Crippen molar-refractivity contribution in [3.05, 3.63) is 18.3 Å². The number of rotatable bonds is 4. The summed E-state index contributed by atoms with van der Waals surface area (Å²) in [5.41, 5.74) is 1.02. The lowest BCUT2D eigenvalue weighted by molar-refractivity contribution is -0.116. The average molecular weight is 353 g/mol. The Bertz CT molecular complexity index is 425. The Kier molecular flexibility index (Phi) is 9.77. The van der Waals surface area contributed by atoms with Gasteiger partial charge in [0.05, 0.1) is 11.9 Å². The maximum absolute atomic E-state index is 11.9. The number of carbonyl (C=O) groups excluding carboxylic acids is 1. The summed E-state index contributed by atoms with van der Waals surface area (Å²) >= 11 is 1.89. The molecule has 1 aromatic heterocycles. The summed E-state index contributed by atoms with van der Waals surface area (Å²) in [7, 11) is 3.92. The zero-order valence-corrected chi connectivity index (χ0v) is 14.6. The van der Waals surface area contributed by atoms with E-state index in [1.807, 2.05) is 42.9 Å². The second-order valence-corrected chi connectivity index (χ2v) is 5.92. The number of hydrogen-bond donors (Lipinski definition) is 2. The molecule has 0 radical (unpaired) electrons. The van der Waals surface area contributed by atoms with Gasteiger partial charge in [-0.2, -0.15) is 11.8 Å². The third-order valence-electron chi connectivity index (χ3n) is 2.96. The van der Waals surface area contributed by atoms with Crippen molar-refractivity contribution in [3.63, 3.8) is 0 Å². The molecule has 1 amide bonds. The molecule has 1 saturated heterocycles. The van der Waals surface area contributed by atoms with Crippen molar-refractivity contribution >= 4 is 54.0 Å². The molecule has 0 saturated carbocycles. The minimum absolute atomic E-state index is 0. The predicted molar refractivity (Wildman–Crippen MR) is 95.4 cm³/mol. The van der Waals surface area contributed by atoms with Crippen LogP contribution in [0.25, 0.3) is 0 Å². The number of hydrogen-bond acceptors (Lipinski definition) is 5. The predicted octanol–water partition coefficient (Wildman–Crippen LogP) is 2.02. The second-order valence-electron chi connectivity index (χ2n) is 4.77. The van der Waals surface area contributed by atoms with Gasteiger partial charge in [0.2, 0.25) is 5.91 Å². The van der Waals surface area contributed by atoms with Gasteiger partial charge in [0.1, 0.15) is 5.82 Å². The van der Waals surface area contributed by atoms with Crippen LogP contribution < -0.4 is 15.5 Å². The minimum atomic E-state index is 0. The van der Waals surface area contributed by atoms with Crippen LogP contribution in [0.3, 0.4) is 0 Å². The Balaban J connectivity index is 0.00000200. The lowest BCUT2D eigenvalue weighted by Gasteiger charge is -2.22. The molecular weight excluding hydrogens is 331 g/mol. The van der Waals surface area contributed by atoms with Gasteiger partial charge in [0, 0.05) is 44.6 Å². The van der Waals surface area contributed by atoms with Gasteiger partial charge in [0.25, 0.3) is 0 Å². The quantitative estimate of drug-likeness (QED) is 0.868. The van der Waals surface area contributed by atoms with E-state index in [2.05, 4.69) is 15.6 Å². The lowest BCUT2D eigenvalue weighted by atomic mass is 10.2.